The fourth-order valence-electron chi connectivity index (χ4n) is 2.74. The summed E-state index contributed by atoms with van der Waals surface area (Å²) in [5.74, 6) is -1.17. The average Bonchev–Trinajstić information content (AvgIpc) is 2.85. The van der Waals surface area contributed by atoms with Gasteiger partial charge in [0, 0.05) is 11.1 Å². The number of fused-ring (bicyclic) bond motifs is 4. The summed E-state index contributed by atoms with van der Waals surface area (Å²) in [6.07, 6.45) is 0. The number of hydrogen-bond donors (Lipinski definition) is 1. The molecule has 0 saturated carbocycles. The number of rotatable bonds is 1. The van der Waals surface area contributed by atoms with E-state index in [0.29, 0.717) is 20.7 Å². The third kappa shape index (κ3) is 1.60. The maximum absolute atomic E-state index is 12.7. The van der Waals surface area contributed by atoms with Gasteiger partial charge in [0.15, 0.2) is 0 Å². The Morgan fingerprint density at radius 1 is 1.18 bits per heavy atom. The number of benzene rings is 2. The predicted octanol–water partition coefficient (Wildman–Crippen LogP) is 3.72. The summed E-state index contributed by atoms with van der Waals surface area (Å²) < 4.78 is 6.32. The third-order valence-electron chi connectivity index (χ3n) is 3.66. The van der Waals surface area contributed by atoms with Crippen molar-refractivity contribution in [3.05, 3.63) is 58.3 Å². The molecular formula is C16H8ClNO4. The number of carboxylic acids is 1. The minimum absolute atomic E-state index is 0.0541. The second-order valence-electron chi connectivity index (χ2n) is 4.91. The van der Waals surface area contributed by atoms with Crippen LogP contribution in [0.3, 0.4) is 0 Å². The Kier molecular flexibility index (Phi) is 2.55. The summed E-state index contributed by atoms with van der Waals surface area (Å²) in [6, 6.07) is 11.5. The van der Waals surface area contributed by atoms with Gasteiger partial charge in [-0.3, -0.25) is 0 Å². The minimum atomic E-state index is -1.17. The van der Waals surface area contributed by atoms with Crippen molar-refractivity contribution in [1.29, 1.82) is 0 Å². The van der Waals surface area contributed by atoms with Gasteiger partial charge in [0.1, 0.15) is 11.1 Å². The van der Waals surface area contributed by atoms with Gasteiger partial charge < -0.3 is 14.7 Å². The highest BCUT2D eigenvalue weighted by molar-refractivity contribution is 6.31. The van der Waals surface area contributed by atoms with Crippen molar-refractivity contribution < 1.29 is 19.0 Å². The summed E-state index contributed by atoms with van der Waals surface area (Å²) in [5.41, 5.74) is 0.906. The van der Waals surface area contributed by atoms with Gasteiger partial charge in [0.05, 0.1) is 10.8 Å². The molecule has 2 heterocycles. The van der Waals surface area contributed by atoms with Crippen molar-refractivity contribution >= 4 is 50.5 Å². The summed E-state index contributed by atoms with van der Waals surface area (Å²) in [4.78, 5) is 11.7. The Labute approximate surface area is 128 Å². The lowest BCUT2D eigenvalue weighted by Gasteiger charge is -2.06. The molecule has 1 N–H and O–H groups in total. The number of aromatic carboxylic acids is 1. The highest BCUT2D eigenvalue weighted by Crippen LogP contribution is 2.33. The fraction of sp³-hybridized carbons (Fsp3) is 0. The van der Waals surface area contributed by atoms with Gasteiger partial charge in [0.2, 0.25) is 11.1 Å². The molecule has 0 fully saturated rings. The van der Waals surface area contributed by atoms with Crippen LogP contribution in [0.25, 0.3) is 33.0 Å². The number of aromatic nitrogens is 1. The molecule has 0 aliphatic carbocycles. The van der Waals surface area contributed by atoms with Crippen LogP contribution in [0.15, 0.2) is 46.9 Å². The van der Waals surface area contributed by atoms with E-state index in [1.54, 1.807) is 30.3 Å². The molecule has 0 aliphatic rings. The molecule has 6 heteroatoms. The van der Waals surface area contributed by atoms with Gasteiger partial charge in [-0.15, -0.1) is 0 Å². The van der Waals surface area contributed by atoms with E-state index in [1.165, 1.54) is 12.1 Å². The molecule has 5 nitrogen and oxygen atoms in total. The lowest BCUT2D eigenvalue weighted by Crippen LogP contribution is -2.29. The normalized spacial score (nSPS) is 11.5. The smallest absolute Gasteiger partial charge is 0.340 e. The van der Waals surface area contributed by atoms with Crippen LogP contribution in [0, 0.1) is 5.21 Å². The molecule has 2 aromatic heterocycles. The van der Waals surface area contributed by atoms with E-state index in [2.05, 4.69) is 0 Å². The lowest BCUT2D eigenvalue weighted by molar-refractivity contribution is -0.547. The van der Waals surface area contributed by atoms with Gasteiger partial charge in [-0.25, -0.2) is 4.79 Å². The first-order chi connectivity index (χ1) is 10.6. The molecule has 4 rings (SSSR count). The molecule has 0 unspecified atom stereocenters. The van der Waals surface area contributed by atoms with Crippen molar-refractivity contribution in [1.82, 2.24) is 0 Å². The highest BCUT2D eigenvalue weighted by Gasteiger charge is 2.27. The van der Waals surface area contributed by atoms with Crippen molar-refractivity contribution in [2.75, 3.05) is 0 Å². The molecule has 0 radical (unpaired) electrons. The second kappa shape index (κ2) is 4.35. The van der Waals surface area contributed by atoms with Crippen LogP contribution < -0.4 is 4.73 Å². The van der Waals surface area contributed by atoms with E-state index in [1.807, 2.05) is 0 Å². The number of carboxylic acid groups (broad SMARTS) is 1. The number of para-hydroxylation sites is 1. The molecule has 0 aliphatic heterocycles. The van der Waals surface area contributed by atoms with Crippen LogP contribution >= 0.6 is 11.6 Å². The van der Waals surface area contributed by atoms with Gasteiger partial charge in [-0.1, -0.05) is 23.7 Å². The van der Waals surface area contributed by atoms with E-state index in [-0.39, 0.29) is 27.6 Å². The zero-order valence-corrected chi connectivity index (χ0v) is 11.8. The topological polar surface area (TPSA) is 77.4 Å². The van der Waals surface area contributed by atoms with Crippen LogP contribution in [-0.4, -0.2) is 11.1 Å². The Bertz CT molecular complexity index is 1080. The average molecular weight is 314 g/mol. The first kappa shape index (κ1) is 12.9. The quantitative estimate of drug-likeness (QED) is 0.429. The Balaban J connectivity index is 2.38. The molecular weight excluding hydrogens is 306 g/mol. The van der Waals surface area contributed by atoms with E-state index in [0.717, 1.165) is 0 Å². The predicted molar refractivity (Wildman–Crippen MR) is 82.2 cm³/mol. The monoisotopic (exact) mass is 313 g/mol. The molecule has 22 heavy (non-hydrogen) atoms. The summed E-state index contributed by atoms with van der Waals surface area (Å²) in [7, 11) is 0. The number of hydrogen-bond acceptors (Lipinski definition) is 3. The number of furan rings is 1. The van der Waals surface area contributed by atoms with E-state index in [9.17, 15) is 15.1 Å². The van der Waals surface area contributed by atoms with Crippen molar-refractivity contribution in [3.63, 3.8) is 0 Å². The van der Waals surface area contributed by atoms with Gasteiger partial charge in [-0.05, 0) is 24.3 Å². The van der Waals surface area contributed by atoms with Gasteiger partial charge >= 0.3 is 5.97 Å². The lowest BCUT2D eigenvalue weighted by atomic mass is 10.1. The van der Waals surface area contributed by atoms with E-state index < -0.39 is 5.97 Å². The molecule has 0 spiro atoms. The molecule has 0 saturated heterocycles. The Hall–Kier alpha value is -2.79. The molecule has 0 atom stereocenters. The summed E-state index contributed by atoms with van der Waals surface area (Å²) in [5, 5.41) is 23.4. The van der Waals surface area contributed by atoms with E-state index >= 15 is 0 Å². The number of carbonyl (C=O) groups is 1. The van der Waals surface area contributed by atoms with Crippen LogP contribution in [0.4, 0.5) is 0 Å². The Morgan fingerprint density at radius 2 is 1.95 bits per heavy atom. The van der Waals surface area contributed by atoms with Gasteiger partial charge in [-0.2, -0.15) is 4.73 Å². The fourth-order valence-corrected chi connectivity index (χ4v) is 2.92. The molecule has 108 valence electrons. The number of pyridine rings is 1. The van der Waals surface area contributed by atoms with Crippen LogP contribution in [0.1, 0.15) is 10.4 Å². The summed E-state index contributed by atoms with van der Waals surface area (Å²) >= 11 is 5.94. The first-order valence-electron chi connectivity index (χ1n) is 6.47. The van der Waals surface area contributed by atoms with Crippen molar-refractivity contribution in [3.8, 4) is 0 Å². The van der Waals surface area contributed by atoms with Crippen molar-refractivity contribution in [2.45, 2.75) is 0 Å². The minimum Gasteiger partial charge on any atom is -0.618 e. The molecule has 4 aromatic rings. The van der Waals surface area contributed by atoms with Crippen LogP contribution in [0.5, 0.6) is 0 Å². The van der Waals surface area contributed by atoms with E-state index in [4.69, 9.17) is 16.0 Å². The maximum Gasteiger partial charge on any atom is 0.340 e. The van der Waals surface area contributed by atoms with Crippen LogP contribution in [-0.2, 0) is 0 Å². The second-order valence-corrected chi connectivity index (χ2v) is 5.35. The zero-order chi connectivity index (χ0) is 15.4. The first-order valence-corrected chi connectivity index (χ1v) is 6.85. The largest absolute Gasteiger partial charge is 0.618 e. The molecule has 0 amide bonds. The molecule has 0 bridgehead atoms. The van der Waals surface area contributed by atoms with Crippen molar-refractivity contribution in [2.24, 2.45) is 0 Å². The zero-order valence-electron chi connectivity index (χ0n) is 11.0. The molecule has 2 aromatic carbocycles. The number of nitrogens with zero attached hydrogens (tertiary/aromatic N) is 1. The highest BCUT2D eigenvalue weighted by atomic mass is 35.5. The Morgan fingerprint density at radius 3 is 2.73 bits per heavy atom. The standard InChI is InChI=1S/C16H8ClNO4/c17-8-5-6-11-10(7-8)13(16(19)20)15-14(18(11)21)9-3-1-2-4-12(9)22-15/h1-7H,(H,19,20). The maximum atomic E-state index is 12.7. The van der Waals surface area contributed by atoms with Crippen LogP contribution in [0.2, 0.25) is 5.02 Å². The SMILES string of the molecule is O=C(O)c1c2cc(Cl)ccc2[n+]([O-])c2c1oc1ccccc12. The summed E-state index contributed by atoms with van der Waals surface area (Å²) in [6.45, 7) is 0. The third-order valence-corrected chi connectivity index (χ3v) is 3.90. The number of halogens is 1. The van der Waals surface area contributed by atoms with Gasteiger partial charge in [0.25, 0.3) is 5.52 Å².